The molecule has 0 unspecified atom stereocenters. The van der Waals surface area contributed by atoms with E-state index < -0.39 is 17.4 Å². The summed E-state index contributed by atoms with van der Waals surface area (Å²) in [6, 6.07) is 8.33. The van der Waals surface area contributed by atoms with E-state index in [9.17, 15) is 19.8 Å². The molecule has 0 saturated carbocycles. The molecule has 1 rings (SSSR count). The van der Waals surface area contributed by atoms with Crippen LogP contribution in [0.5, 0.6) is 0 Å². The molecule has 0 aliphatic rings. The first-order valence-electron chi connectivity index (χ1n) is 9.58. The first-order valence-corrected chi connectivity index (χ1v) is 9.58. The number of unbranched alkanes of at least 4 members (excludes halogenated alkanes) is 9. The number of benzene rings is 1. The van der Waals surface area contributed by atoms with Crippen molar-refractivity contribution in [2.45, 2.75) is 83.0 Å². The van der Waals surface area contributed by atoms with Crippen molar-refractivity contribution in [1.82, 2.24) is 0 Å². The van der Waals surface area contributed by atoms with Crippen LogP contribution >= 0.6 is 0 Å². The minimum atomic E-state index is -1.83. The number of carboxylic acid groups (broad SMARTS) is 2. The number of rotatable bonds is 14. The Balaban J connectivity index is 0.00000625. The number of hydrogen-bond donors (Lipinski definition) is 2. The number of carbonyl (C=O) groups is 2. The molecular formula is C21H33KO4. The SMILES string of the molecule is CCCCCCCCCCCCC(C(=O)O)(C(=O)O)c1ccccc1.[KH]. The van der Waals surface area contributed by atoms with Gasteiger partial charge in [-0.05, 0) is 12.0 Å². The van der Waals surface area contributed by atoms with Gasteiger partial charge in [0.15, 0.2) is 5.41 Å². The van der Waals surface area contributed by atoms with Crippen molar-refractivity contribution in [3.63, 3.8) is 0 Å². The van der Waals surface area contributed by atoms with Crippen LogP contribution in [0, 0.1) is 0 Å². The number of carboxylic acids is 2. The van der Waals surface area contributed by atoms with Crippen LogP contribution in [-0.4, -0.2) is 73.5 Å². The van der Waals surface area contributed by atoms with Crippen molar-refractivity contribution in [2.24, 2.45) is 0 Å². The predicted octanol–water partition coefficient (Wildman–Crippen LogP) is 4.76. The normalized spacial score (nSPS) is 11.0. The Kier molecular flexibility index (Phi) is 14.7. The van der Waals surface area contributed by atoms with Crippen LogP contribution in [0.2, 0.25) is 0 Å². The fourth-order valence-electron chi connectivity index (χ4n) is 3.30. The van der Waals surface area contributed by atoms with Crippen LogP contribution in [0.1, 0.15) is 83.1 Å². The zero-order valence-corrected chi connectivity index (χ0v) is 15.4. The Morgan fingerprint density at radius 3 is 1.62 bits per heavy atom. The molecule has 26 heavy (non-hydrogen) atoms. The second-order valence-electron chi connectivity index (χ2n) is 6.81. The monoisotopic (exact) mass is 388 g/mol. The summed E-state index contributed by atoms with van der Waals surface area (Å²) in [4.78, 5) is 23.5. The second-order valence-corrected chi connectivity index (χ2v) is 6.81. The number of hydrogen-bond acceptors (Lipinski definition) is 2. The van der Waals surface area contributed by atoms with Gasteiger partial charge >= 0.3 is 63.3 Å². The number of aliphatic carboxylic acids is 2. The molecule has 0 aromatic heterocycles. The third-order valence-corrected chi connectivity index (χ3v) is 4.90. The molecule has 0 aliphatic carbocycles. The van der Waals surface area contributed by atoms with Gasteiger partial charge in [-0.15, -0.1) is 0 Å². The van der Waals surface area contributed by atoms with Crippen molar-refractivity contribution in [2.75, 3.05) is 0 Å². The molecule has 0 saturated heterocycles. The van der Waals surface area contributed by atoms with Crippen LogP contribution in [0.3, 0.4) is 0 Å². The third kappa shape index (κ3) is 8.22. The maximum atomic E-state index is 11.8. The third-order valence-electron chi connectivity index (χ3n) is 4.90. The summed E-state index contributed by atoms with van der Waals surface area (Å²) in [6.45, 7) is 2.21. The summed E-state index contributed by atoms with van der Waals surface area (Å²) in [5.74, 6) is -2.55. The van der Waals surface area contributed by atoms with Gasteiger partial charge in [-0.1, -0.05) is 101 Å². The fraction of sp³-hybridized carbons (Fsp3) is 0.619. The molecule has 5 heteroatoms. The van der Waals surface area contributed by atoms with Crippen molar-refractivity contribution >= 4 is 63.3 Å². The Bertz CT molecular complexity index is 502. The van der Waals surface area contributed by atoms with E-state index in [2.05, 4.69) is 6.92 Å². The molecule has 0 heterocycles. The molecule has 1 aromatic rings. The maximum absolute atomic E-state index is 11.8. The summed E-state index contributed by atoms with van der Waals surface area (Å²) in [5, 5.41) is 19.2. The van der Waals surface area contributed by atoms with E-state index in [0.717, 1.165) is 19.3 Å². The predicted molar refractivity (Wildman–Crippen MR) is 107 cm³/mol. The van der Waals surface area contributed by atoms with Gasteiger partial charge in [-0.25, -0.2) is 0 Å². The van der Waals surface area contributed by atoms with Gasteiger partial charge in [0.1, 0.15) is 0 Å². The molecule has 4 nitrogen and oxygen atoms in total. The second kappa shape index (κ2) is 14.8. The van der Waals surface area contributed by atoms with Gasteiger partial charge < -0.3 is 10.2 Å². The quantitative estimate of drug-likeness (QED) is 0.274. The molecular weight excluding hydrogens is 355 g/mol. The zero-order valence-electron chi connectivity index (χ0n) is 15.4. The van der Waals surface area contributed by atoms with E-state index in [1.165, 1.54) is 38.5 Å². The van der Waals surface area contributed by atoms with Crippen molar-refractivity contribution < 1.29 is 19.8 Å². The summed E-state index contributed by atoms with van der Waals surface area (Å²) in [5.41, 5.74) is -1.48. The van der Waals surface area contributed by atoms with Crippen LogP contribution in [0.4, 0.5) is 0 Å². The average molecular weight is 389 g/mol. The zero-order chi connectivity index (χ0) is 18.5. The Hall–Kier alpha value is -0.204. The van der Waals surface area contributed by atoms with Crippen LogP contribution in [0.25, 0.3) is 0 Å². The van der Waals surface area contributed by atoms with Crippen molar-refractivity contribution in [3.8, 4) is 0 Å². The van der Waals surface area contributed by atoms with Gasteiger partial charge in [0.05, 0.1) is 0 Å². The minimum absolute atomic E-state index is 0. The summed E-state index contributed by atoms with van der Waals surface area (Å²) >= 11 is 0. The molecule has 142 valence electrons. The van der Waals surface area contributed by atoms with Crippen molar-refractivity contribution in [1.29, 1.82) is 0 Å². The molecule has 0 radical (unpaired) electrons. The molecule has 2 N–H and O–H groups in total. The van der Waals surface area contributed by atoms with Crippen LogP contribution in [0.15, 0.2) is 30.3 Å². The first kappa shape index (κ1) is 25.8. The molecule has 0 fully saturated rings. The van der Waals surface area contributed by atoms with Gasteiger partial charge in [-0.3, -0.25) is 9.59 Å². The Labute approximate surface area is 200 Å². The molecule has 0 amide bonds. The van der Waals surface area contributed by atoms with E-state index in [1.54, 1.807) is 30.3 Å². The molecule has 0 spiro atoms. The summed E-state index contributed by atoms with van der Waals surface area (Å²) < 4.78 is 0. The Morgan fingerprint density at radius 1 is 0.769 bits per heavy atom. The van der Waals surface area contributed by atoms with E-state index in [4.69, 9.17) is 0 Å². The van der Waals surface area contributed by atoms with E-state index in [0.29, 0.717) is 12.0 Å². The topological polar surface area (TPSA) is 74.6 Å². The van der Waals surface area contributed by atoms with E-state index >= 15 is 0 Å². The summed E-state index contributed by atoms with van der Waals surface area (Å²) in [6.07, 6.45) is 11.5. The van der Waals surface area contributed by atoms with Crippen molar-refractivity contribution in [3.05, 3.63) is 35.9 Å². The van der Waals surface area contributed by atoms with Crippen LogP contribution in [-0.2, 0) is 15.0 Å². The van der Waals surface area contributed by atoms with Gasteiger partial charge in [0, 0.05) is 0 Å². The molecule has 1 aromatic carbocycles. The van der Waals surface area contributed by atoms with E-state index in [1.807, 2.05) is 0 Å². The van der Waals surface area contributed by atoms with E-state index in [-0.39, 0.29) is 57.8 Å². The van der Waals surface area contributed by atoms with Gasteiger partial charge in [0.25, 0.3) is 0 Å². The van der Waals surface area contributed by atoms with Gasteiger partial charge in [-0.2, -0.15) is 0 Å². The first-order chi connectivity index (χ1) is 12.1. The van der Waals surface area contributed by atoms with Gasteiger partial charge in [0.2, 0.25) is 0 Å². The molecule has 0 bridgehead atoms. The summed E-state index contributed by atoms with van der Waals surface area (Å²) in [7, 11) is 0. The molecule has 0 atom stereocenters. The standard InChI is InChI=1S/C21H32O4.K.H/c1-2-3-4-5-6-7-8-9-10-14-17-21(19(22)23,20(24)25)18-15-12-11-13-16-18;;/h11-13,15-16H,2-10,14,17H2,1H3,(H,22,23)(H,24,25);;. The van der Waals surface area contributed by atoms with Crippen LogP contribution < -0.4 is 0 Å². The fourth-order valence-corrected chi connectivity index (χ4v) is 3.30. The molecule has 0 aliphatic heterocycles. The average Bonchev–Trinajstić information content (AvgIpc) is 2.60. The Morgan fingerprint density at radius 2 is 1.19 bits per heavy atom.